The van der Waals surface area contributed by atoms with Crippen molar-refractivity contribution in [2.24, 2.45) is 0 Å². The van der Waals surface area contributed by atoms with Gasteiger partial charge in [0.1, 0.15) is 5.69 Å². The monoisotopic (exact) mass is 361 g/mol. The summed E-state index contributed by atoms with van der Waals surface area (Å²) in [6.45, 7) is 0. The van der Waals surface area contributed by atoms with Crippen LogP contribution in [0.3, 0.4) is 0 Å². The van der Waals surface area contributed by atoms with Crippen molar-refractivity contribution in [2.45, 2.75) is 6.42 Å². The van der Waals surface area contributed by atoms with Crippen LogP contribution in [0.15, 0.2) is 65.5 Å². The topological polar surface area (TPSA) is 91.4 Å². The summed E-state index contributed by atoms with van der Waals surface area (Å²) in [5.41, 5.74) is 1.32. The zero-order valence-corrected chi connectivity index (χ0v) is 14.4. The van der Waals surface area contributed by atoms with E-state index in [-0.39, 0.29) is 17.3 Å². The zero-order valence-electron chi connectivity index (χ0n) is 14.4. The number of hydrogen-bond acceptors (Lipinski definition) is 6. The average molecular weight is 361 g/mol. The number of methoxy groups -OCH3 is 1. The molecule has 8 nitrogen and oxygen atoms in total. The van der Waals surface area contributed by atoms with Gasteiger partial charge in [0.15, 0.2) is 0 Å². The third-order valence-electron chi connectivity index (χ3n) is 4.03. The average Bonchev–Trinajstić information content (AvgIpc) is 3.07. The first-order chi connectivity index (χ1) is 13.2. The molecule has 2 heterocycles. The lowest BCUT2D eigenvalue weighted by Crippen LogP contribution is -2.21. The third kappa shape index (κ3) is 3.08. The van der Waals surface area contributed by atoms with Crippen LogP contribution in [0.4, 0.5) is 0 Å². The van der Waals surface area contributed by atoms with Crippen molar-refractivity contribution in [3.63, 3.8) is 0 Å². The van der Waals surface area contributed by atoms with Crippen molar-refractivity contribution in [1.82, 2.24) is 24.4 Å². The van der Waals surface area contributed by atoms with Crippen molar-refractivity contribution in [1.29, 1.82) is 0 Å². The standard InChI is InChI=1S/C19H15N5O3/c1-27-18(26)16-22-23(14-10-6-3-7-11-14)19-20-17(25)15(21-24(16)19)12-13-8-4-2-5-9-13/h2-11H,12H2,1H3. The molecule has 0 unspecified atom stereocenters. The summed E-state index contributed by atoms with van der Waals surface area (Å²) in [6, 6.07) is 18.5. The number of carbonyl (C=O) groups is 1. The number of esters is 1. The van der Waals surface area contributed by atoms with E-state index < -0.39 is 11.5 Å². The molecule has 0 aliphatic heterocycles. The second kappa shape index (κ2) is 6.83. The molecule has 2 aromatic carbocycles. The lowest BCUT2D eigenvalue weighted by atomic mass is 10.1. The molecule has 0 saturated heterocycles. The number of para-hydroxylation sites is 1. The first-order valence-electron chi connectivity index (χ1n) is 8.24. The van der Waals surface area contributed by atoms with Gasteiger partial charge in [0.25, 0.3) is 17.2 Å². The quantitative estimate of drug-likeness (QED) is 0.513. The fraction of sp³-hybridized carbons (Fsp3) is 0.105. The van der Waals surface area contributed by atoms with E-state index in [0.717, 1.165) is 5.56 Å². The maximum atomic E-state index is 12.5. The van der Waals surface area contributed by atoms with Crippen LogP contribution in [0.1, 0.15) is 21.9 Å². The molecule has 0 bridgehead atoms. The van der Waals surface area contributed by atoms with E-state index >= 15 is 0 Å². The highest BCUT2D eigenvalue weighted by Gasteiger charge is 2.22. The van der Waals surface area contributed by atoms with Gasteiger partial charge in [-0.15, -0.1) is 5.10 Å². The van der Waals surface area contributed by atoms with Crippen molar-refractivity contribution >= 4 is 11.7 Å². The number of nitrogens with zero attached hydrogens (tertiary/aromatic N) is 5. The molecule has 0 spiro atoms. The minimum absolute atomic E-state index is 0.0573. The van der Waals surface area contributed by atoms with Crippen molar-refractivity contribution in [2.75, 3.05) is 7.11 Å². The van der Waals surface area contributed by atoms with Gasteiger partial charge in [0.05, 0.1) is 12.8 Å². The zero-order chi connectivity index (χ0) is 18.8. The Bertz CT molecular complexity index is 1170. The largest absolute Gasteiger partial charge is 0.463 e. The van der Waals surface area contributed by atoms with E-state index in [0.29, 0.717) is 12.1 Å². The van der Waals surface area contributed by atoms with Gasteiger partial charge in [-0.3, -0.25) is 4.79 Å². The Morgan fingerprint density at radius 1 is 1.00 bits per heavy atom. The van der Waals surface area contributed by atoms with Gasteiger partial charge >= 0.3 is 5.97 Å². The van der Waals surface area contributed by atoms with Crippen LogP contribution >= 0.6 is 0 Å². The normalized spacial score (nSPS) is 10.9. The van der Waals surface area contributed by atoms with Crippen LogP contribution in [0.25, 0.3) is 11.5 Å². The molecule has 0 N–H and O–H groups in total. The van der Waals surface area contributed by atoms with Crippen LogP contribution < -0.4 is 5.56 Å². The van der Waals surface area contributed by atoms with Crippen molar-refractivity contribution < 1.29 is 9.53 Å². The van der Waals surface area contributed by atoms with Gasteiger partial charge in [-0.25, -0.2) is 4.79 Å². The number of rotatable bonds is 4. The summed E-state index contributed by atoms with van der Waals surface area (Å²) in [5, 5.41) is 8.60. The summed E-state index contributed by atoms with van der Waals surface area (Å²) in [5.74, 6) is -0.583. The van der Waals surface area contributed by atoms with Crippen LogP contribution in [0, 0.1) is 0 Å². The number of aromatic nitrogens is 5. The fourth-order valence-electron chi connectivity index (χ4n) is 2.73. The van der Waals surface area contributed by atoms with Crippen molar-refractivity contribution in [3.8, 4) is 5.69 Å². The van der Waals surface area contributed by atoms with E-state index in [2.05, 4.69) is 15.2 Å². The molecule has 2 aromatic heterocycles. The number of fused-ring (bicyclic) bond motifs is 1. The van der Waals surface area contributed by atoms with Crippen molar-refractivity contribution in [3.05, 3.63) is 88.1 Å². The summed E-state index contributed by atoms with van der Waals surface area (Å²) in [6.07, 6.45) is 0.298. The Balaban J connectivity index is 1.92. The lowest BCUT2D eigenvalue weighted by Gasteiger charge is -2.03. The predicted octanol–water partition coefficient (Wildman–Crippen LogP) is 1.65. The minimum atomic E-state index is -0.668. The van der Waals surface area contributed by atoms with Gasteiger partial charge in [0, 0.05) is 6.42 Å². The predicted molar refractivity (Wildman–Crippen MR) is 97.0 cm³/mol. The van der Waals surface area contributed by atoms with E-state index in [4.69, 9.17) is 4.74 Å². The molecule has 0 atom stereocenters. The number of carbonyl (C=O) groups excluding carboxylic acids is 1. The van der Waals surface area contributed by atoms with Crippen LogP contribution in [0.5, 0.6) is 0 Å². The second-order valence-corrected chi connectivity index (χ2v) is 5.80. The summed E-state index contributed by atoms with van der Waals surface area (Å²) < 4.78 is 7.44. The molecule has 27 heavy (non-hydrogen) atoms. The number of benzene rings is 2. The first-order valence-corrected chi connectivity index (χ1v) is 8.24. The number of ether oxygens (including phenoxy) is 1. The molecular formula is C19H15N5O3. The highest BCUT2D eigenvalue weighted by Crippen LogP contribution is 2.12. The number of hydrogen-bond donors (Lipinski definition) is 0. The first kappa shape index (κ1) is 16.6. The highest BCUT2D eigenvalue weighted by molar-refractivity contribution is 5.86. The van der Waals surface area contributed by atoms with Gasteiger partial charge in [-0.2, -0.15) is 19.3 Å². The molecule has 0 aliphatic carbocycles. The smallest absolute Gasteiger partial charge is 0.378 e. The Hall–Kier alpha value is -3.81. The molecule has 0 amide bonds. The molecule has 0 fully saturated rings. The van der Waals surface area contributed by atoms with E-state index in [1.165, 1.54) is 16.3 Å². The van der Waals surface area contributed by atoms with E-state index in [1.807, 2.05) is 48.5 Å². The van der Waals surface area contributed by atoms with Gasteiger partial charge in [0.2, 0.25) is 0 Å². The molecule has 4 aromatic rings. The summed E-state index contributed by atoms with van der Waals surface area (Å²) >= 11 is 0. The van der Waals surface area contributed by atoms with Gasteiger partial charge in [-0.05, 0) is 17.7 Å². The Labute approximate surface area is 153 Å². The Kier molecular flexibility index (Phi) is 4.21. The maximum absolute atomic E-state index is 12.5. The van der Waals surface area contributed by atoms with Gasteiger partial charge < -0.3 is 4.74 Å². The maximum Gasteiger partial charge on any atom is 0.378 e. The van der Waals surface area contributed by atoms with Crippen LogP contribution in [-0.2, 0) is 11.2 Å². The molecule has 8 heteroatoms. The van der Waals surface area contributed by atoms with Gasteiger partial charge in [-0.1, -0.05) is 48.5 Å². The van der Waals surface area contributed by atoms with Crippen LogP contribution in [0.2, 0.25) is 0 Å². The Morgan fingerprint density at radius 2 is 1.67 bits per heavy atom. The molecule has 0 saturated carbocycles. The fourth-order valence-corrected chi connectivity index (χ4v) is 2.73. The summed E-state index contributed by atoms with van der Waals surface area (Å²) in [7, 11) is 1.26. The highest BCUT2D eigenvalue weighted by atomic mass is 16.5. The molecule has 0 radical (unpaired) electrons. The minimum Gasteiger partial charge on any atom is -0.463 e. The SMILES string of the molecule is COC(=O)c1nn(-c2ccccc2)c2nc(=O)c(Cc3ccccc3)nn12. The van der Waals surface area contributed by atoms with E-state index in [1.54, 1.807) is 12.1 Å². The Morgan fingerprint density at radius 3 is 2.33 bits per heavy atom. The molecule has 134 valence electrons. The molecule has 4 rings (SSSR count). The second-order valence-electron chi connectivity index (χ2n) is 5.80. The lowest BCUT2D eigenvalue weighted by molar-refractivity contribution is 0.0583. The molecule has 0 aliphatic rings. The van der Waals surface area contributed by atoms with E-state index in [9.17, 15) is 9.59 Å². The molecular weight excluding hydrogens is 346 g/mol. The van der Waals surface area contributed by atoms with Crippen LogP contribution in [-0.4, -0.2) is 37.5 Å². The third-order valence-corrected chi connectivity index (χ3v) is 4.03. The summed E-state index contributed by atoms with van der Waals surface area (Å²) in [4.78, 5) is 28.8.